The van der Waals surface area contributed by atoms with Gasteiger partial charge in [0.2, 0.25) is 0 Å². The van der Waals surface area contributed by atoms with Gasteiger partial charge in [-0.05, 0) is 23.6 Å². The van der Waals surface area contributed by atoms with Gasteiger partial charge >= 0.3 is 11.9 Å². The van der Waals surface area contributed by atoms with Gasteiger partial charge in [-0.15, -0.1) is 0 Å². The van der Waals surface area contributed by atoms with Crippen molar-refractivity contribution in [2.24, 2.45) is 0 Å². The molecule has 0 spiro atoms. The Hall–Kier alpha value is -2.62. The highest BCUT2D eigenvalue weighted by molar-refractivity contribution is 6.03. The van der Waals surface area contributed by atoms with E-state index in [1.807, 2.05) is 37.3 Å². The van der Waals surface area contributed by atoms with E-state index in [0.717, 1.165) is 18.4 Å². The molecule has 114 valence electrons. The van der Waals surface area contributed by atoms with E-state index in [9.17, 15) is 19.8 Å². The smallest absolute Gasteiger partial charge is 0.336 e. The Bertz CT molecular complexity index is 677. The van der Waals surface area contributed by atoms with Crippen molar-refractivity contribution < 1.29 is 19.8 Å². The first-order valence-electron chi connectivity index (χ1n) is 7.20. The first-order chi connectivity index (χ1) is 10.6. The molecule has 4 nitrogen and oxygen atoms in total. The third kappa shape index (κ3) is 3.17. The van der Waals surface area contributed by atoms with E-state index in [1.54, 1.807) is 12.1 Å². The third-order valence-corrected chi connectivity index (χ3v) is 3.70. The molecule has 0 amide bonds. The van der Waals surface area contributed by atoms with Crippen LogP contribution in [0.3, 0.4) is 0 Å². The zero-order chi connectivity index (χ0) is 16.1. The van der Waals surface area contributed by atoms with E-state index < -0.39 is 11.9 Å². The minimum Gasteiger partial charge on any atom is -0.478 e. The van der Waals surface area contributed by atoms with Crippen LogP contribution in [0.25, 0.3) is 0 Å². The summed E-state index contributed by atoms with van der Waals surface area (Å²) >= 11 is 0. The highest BCUT2D eigenvalue weighted by Gasteiger charge is 2.25. The zero-order valence-corrected chi connectivity index (χ0v) is 12.3. The second-order valence-corrected chi connectivity index (χ2v) is 5.13. The van der Waals surface area contributed by atoms with Crippen molar-refractivity contribution in [3.8, 4) is 0 Å². The molecule has 2 N–H and O–H groups in total. The highest BCUT2D eigenvalue weighted by atomic mass is 16.4. The molecule has 1 unspecified atom stereocenters. The number of carbonyl (C=O) groups is 2. The van der Waals surface area contributed by atoms with Crippen LogP contribution >= 0.6 is 0 Å². The van der Waals surface area contributed by atoms with Crippen molar-refractivity contribution in [2.45, 2.75) is 25.7 Å². The highest BCUT2D eigenvalue weighted by Crippen LogP contribution is 2.33. The van der Waals surface area contributed by atoms with Crippen LogP contribution in [0.15, 0.2) is 48.5 Å². The lowest BCUT2D eigenvalue weighted by atomic mass is 9.83. The molecule has 0 fully saturated rings. The minimum atomic E-state index is -1.22. The quantitative estimate of drug-likeness (QED) is 0.844. The Kier molecular flexibility index (Phi) is 4.94. The summed E-state index contributed by atoms with van der Waals surface area (Å²) in [5.41, 5.74) is 1.27. The lowest BCUT2D eigenvalue weighted by molar-refractivity contribution is 0.0650. The van der Waals surface area contributed by atoms with Gasteiger partial charge < -0.3 is 10.2 Å². The molecule has 0 aromatic heterocycles. The zero-order valence-electron chi connectivity index (χ0n) is 12.3. The van der Waals surface area contributed by atoms with Crippen LogP contribution in [0.1, 0.15) is 57.5 Å². The van der Waals surface area contributed by atoms with Gasteiger partial charge in [0.25, 0.3) is 0 Å². The van der Waals surface area contributed by atoms with E-state index in [0.29, 0.717) is 5.56 Å². The van der Waals surface area contributed by atoms with Crippen LogP contribution in [0.2, 0.25) is 0 Å². The van der Waals surface area contributed by atoms with Crippen LogP contribution in [0.5, 0.6) is 0 Å². The number of benzene rings is 2. The van der Waals surface area contributed by atoms with Crippen molar-refractivity contribution in [3.05, 3.63) is 70.8 Å². The van der Waals surface area contributed by atoms with Crippen LogP contribution in [0, 0.1) is 0 Å². The van der Waals surface area contributed by atoms with Crippen molar-refractivity contribution in [2.75, 3.05) is 0 Å². The summed E-state index contributed by atoms with van der Waals surface area (Å²) in [7, 11) is 0. The van der Waals surface area contributed by atoms with Gasteiger partial charge in [0.05, 0.1) is 11.1 Å². The number of hydrogen-bond acceptors (Lipinski definition) is 2. The molecule has 0 radical (unpaired) electrons. The molecular formula is C18H18O4. The van der Waals surface area contributed by atoms with Crippen molar-refractivity contribution in [3.63, 3.8) is 0 Å². The number of rotatable bonds is 6. The molecule has 2 aromatic carbocycles. The molecular weight excluding hydrogens is 280 g/mol. The van der Waals surface area contributed by atoms with Crippen LogP contribution in [0.4, 0.5) is 0 Å². The van der Waals surface area contributed by atoms with Gasteiger partial charge in [-0.2, -0.15) is 0 Å². The lowest BCUT2D eigenvalue weighted by Gasteiger charge is -2.20. The Morgan fingerprint density at radius 3 is 2.18 bits per heavy atom. The second kappa shape index (κ2) is 6.89. The summed E-state index contributed by atoms with van der Waals surface area (Å²) in [4.78, 5) is 23.0. The number of hydrogen-bond donors (Lipinski definition) is 2. The number of aromatic carboxylic acids is 2. The fourth-order valence-electron chi connectivity index (χ4n) is 2.75. The molecule has 0 saturated carbocycles. The van der Waals surface area contributed by atoms with Gasteiger partial charge in [-0.1, -0.05) is 55.8 Å². The van der Waals surface area contributed by atoms with Gasteiger partial charge in [-0.3, -0.25) is 0 Å². The lowest BCUT2D eigenvalue weighted by Crippen LogP contribution is -2.14. The molecule has 0 aliphatic heterocycles. The first kappa shape index (κ1) is 15.8. The Labute approximate surface area is 129 Å². The third-order valence-electron chi connectivity index (χ3n) is 3.70. The van der Waals surface area contributed by atoms with Crippen molar-refractivity contribution in [1.82, 2.24) is 0 Å². The standard InChI is InChI=1S/C18H18O4/c1-2-7-13(12-8-4-3-5-9-12)14-10-6-11-15(17(19)20)16(14)18(21)22/h3-6,8-11,13H,2,7H2,1H3,(H,19,20)(H,21,22). The molecule has 0 bridgehead atoms. The van der Waals surface area contributed by atoms with E-state index in [1.165, 1.54) is 6.07 Å². The summed E-state index contributed by atoms with van der Waals surface area (Å²) in [5, 5.41) is 18.8. The maximum atomic E-state index is 11.6. The summed E-state index contributed by atoms with van der Waals surface area (Å²) in [6, 6.07) is 14.2. The second-order valence-electron chi connectivity index (χ2n) is 5.13. The van der Waals surface area contributed by atoms with Gasteiger partial charge in [0.1, 0.15) is 0 Å². The largest absolute Gasteiger partial charge is 0.478 e. The topological polar surface area (TPSA) is 74.6 Å². The van der Waals surface area contributed by atoms with Crippen molar-refractivity contribution >= 4 is 11.9 Å². The molecule has 2 rings (SSSR count). The van der Waals surface area contributed by atoms with E-state index in [2.05, 4.69) is 0 Å². The molecule has 0 aliphatic carbocycles. The average Bonchev–Trinajstić information content (AvgIpc) is 2.52. The Balaban J connectivity index is 2.64. The van der Waals surface area contributed by atoms with Gasteiger partial charge in [0, 0.05) is 5.92 Å². The Morgan fingerprint density at radius 1 is 0.955 bits per heavy atom. The molecule has 1 atom stereocenters. The van der Waals surface area contributed by atoms with Crippen molar-refractivity contribution in [1.29, 1.82) is 0 Å². The van der Waals surface area contributed by atoms with E-state index in [4.69, 9.17) is 0 Å². The molecule has 0 heterocycles. The molecule has 2 aromatic rings. The number of carboxylic acids is 2. The molecule has 4 heteroatoms. The van der Waals surface area contributed by atoms with Gasteiger partial charge in [-0.25, -0.2) is 9.59 Å². The summed E-state index contributed by atoms with van der Waals surface area (Å²) < 4.78 is 0. The summed E-state index contributed by atoms with van der Waals surface area (Å²) in [5.74, 6) is -2.55. The Morgan fingerprint density at radius 2 is 1.64 bits per heavy atom. The monoisotopic (exact) mass is 298 g/mol. The minimum absolute atomic E-state index is 0.114. The summed E-state index contributed by atoms with van der Waals surface area (Å²) in [6.45, 7) is 2.03. The van der Waals surface area contributed by atoms with Crippen LogP contribution in [-0.4, -0.2) is 22.2 Å². The maximum absolute atomic E-state index is 11.6. The fourth-order valence-corrected chi connectivity index (χ4v) is 2.75. The van der Waals surface area contributed by atoms with Crippen LogP contribution in [-0.2, 0) is 0 Å². The van der Waals surface area contributed by atoms with Gasteiger partial charge in [0.15, 0.2) is 0 Å². The molecule has 0 saturated heterocycles. The molecule has 0 aliphatic rings. The number of carboxylic acid groups (broad SMARTS) is 2. The molecule has 22 heavy (non-hydrogen) atoms. The SMILES string of the molecule is CCCC(c1ccccc1)c1cccc(C(=O)O)c1C(=O)O. The fraction of sp³-hybridized carbons (Fsp3) is 0.222. The van der Waals surface area contributed by atoms with E-state index in [-0.39, 0.29) is 17.0 Å². The predicted molar refractivity (Wildman–Crippen MR) is 83.6 cm³/mol. The van der Waals surface area contributed by atoms with E-state index >= 15 is 0 Å². The predicted octanol–water partition coefficient (Wildman–Crippen LogP) is 4.02. The summed E-state index contributed by atoms with van der Waals surface area (Å²) in [6.07, 6.45) is 1.63. The van der Waals surface area contributed by atoms with Crippen LogP contribution < -0.4 is 0 Å². The first-order valence-corrected chi connectivity index (χ1v) is 7.20. The normalized spacial score (nSPS) is 11.9. The maximum Gasteiger partial charge on any atom is 0.336 e. The average molecular weight is 298 g/mol.